The molecule has 1 saturated heterocycles. The Bertz CT molecular complexity index is 1120. The second-order valence-corrected chi connectivity index (χ2v) is 16.2. The highest BCUT2D eigenvalue weighted by atomic mass is 28.4. The third kappa shape index (κ3) is 6.66. The van der Waals surface area contributed by atoms with E-state index in [-0.39, 0.29) is 24.1 Å². The topological polar surface area (TPSA) is 38.3 Å². The van der Waals surface area contributed by atoms with Crippen LogP contribution in [-0.2, 0) is 22.3 Å². The van der Waals surface area contributed by atoms with E-state index in [0.29, 0.717) is 30.7 Å². The van der Waals surface area contributed by atoms with Gasteiger partial charge in [0.1, 0.15) is 5.82 Å². The highest BCUT2D eigenvalue weighted by Crippen LogP contribution is 2.42. The van der Waals surface area contributed by atoms with Crippen LogP contribution in [0.4, 0.5) is 30.7 Å². The summed E-state index contributed by atoms with van der Waals surface area (Å²) in [6.07, 6.45) is -9.62. The zero-order valence-corrected chi connectivity index (χ0v) is 22.9. The number of halogens is 7. The quantitative estimate of drug-likeness (QED) is 0.211. The molecule has 2 aromatic carbocycles. The van der Waals surface area contributed by atoms with Crippen LogP contribution < -0.4 is 5.32 Å². The molecule has 2 atom stereocenters. The first-order valence-corrected chi connectivity index (χ1v) is 15.1. The van der Waals surface area contributed by atoms with Gasteiger partial charge in [0.15, 0.2) is 14.1 Å². The van der Waals surface area contributed by atoms with Crippen molar-refractivity contribution in [1.29, 1.82) is 0 Å². The smallest absolute Gasteiger partial charge is 0.416 e. The number of hydrogen-bond acceptors (Lipinski definition) is 3. The van der Waals surface area contributed by atoms with Gasteiger partial charge >= 0.3 is 12.4 Å². The summed E-state index contributed by atoms with van der Waals surface area (Å²) in [5.74, 6) is -2.17. The van der Waals surface area contributed by atoms with Crippen molar-refractivity contribution < 1.29 is 40.0 Å². The minimum Gasteiger partial charge on any atom is -0.417 e. The summed E-state index contributed by atoms with van der Waals surface area (Å²) in [5, 5.41) is 3.21. The van der Waals surface area contributed by atoms with E-state index in [1.165, 1.54) is 12.1 Å². The van der Waals surface area contributed by atoms with Crippen LogP contribution in [-0.4, -0.2) is 27.3 Å². The first-order chi connectivity index (χ1) is 17.3. The first-order valence-electron chi connectivity index (χ1n) is 12.2. The standard InChI is InChI=1S/C27H32F7NO2Si/c1-24(2,3)38(4,5)37-11-10-25(19-6-8-22(28)9-7-19)15-18(16-35-25)23(36)17-12-20(26(29,30)31)14-21(13-17)27(32,33)34/h6-9,12-14,18,35H,10-11,15-16H2,1-5H3/t18-,25+/m1/s1. The lowest BCUT2D eigenvalue weighted by Gasteiger charge is -2.38. The lowest BCUT2D eigenvalue weighted by molar-refractivity contribution is -0.143. The fourth-order valence-corrected chi connectivity index (χ4v) is 5.47. The number of carbonyl (C=O) groups excluding carboxylic acids is 1. The van der Waals surface area contributed by atoms with Crippen molar-refractivity contribution in [3.8, 4) is 0 Å². The average molecular weight is 564 g/mol. The minimum atomic E-state index is -5.05. The Labute approximate surface area is 218 Å². The highest BCUT2D eigenvalue weighted by Gasteiger charge is 2.45. The number of rotatable bonds is 7. The Morgan fingerprint density at radius 3 is 1.97 bits per heavy atom. The molecule has 0 saturated carbocycles. The Hall–Kier alpha value is -2.24. The zero-order valence-electron chi connectivity index (χ0n) is 21.9. The van der Waals surface area contributed by atoms with Crippen molar-refractivity contribution in [2.45, 2.75) is 69.6 Å². The lowest BCUT2D eigenvalue weighted by Crippen LogP contribution is -2.43. The lowest BCUT2D eigenvalue weighted by atomic mass is 9.81. The predicted octanol–water partition coefficient (Wildman–Crippen LogP) is 7.96. The molecular weight excluding hydrogens is 531 g/mol. The third-order valence-corrected chi connectivity index (χ3v) is 12.3. The van der Waals surface area contributed by atoms with Gasteiger partial charge in [0, 0.05) is 30.2 Å². The average Bonchev–Trinajstić information content (AvgIpc) is 3.22. The number of Topliss-reactive ketones (excluding diaryl/α,β-unsaturated/α-hetero) is 1. The fraction of sp³-hybridized carbons (Fsp3) is 0.519. The number of nitrogens with one attached hydrogen (secondary N) is 1. The summed E-state index contributed by atoms with van der Waals surface area (Å²) in [6.45, 7) is 10.8. The molecule has 0 unspecified atom stereocenters. The number of hydrogen-bond donors (Lipinski definition) is 1. The van der Waals surface area contributed by atoms with Gasteiger partial charge in [0.25, 0.3) is 0 Å². The SMILES string of the molecule is CC(C)(C)[Si](C)(C)OCC[C@@]1(c2ccc(F)cc2)C[C@@H](C(=O)c2cc(C(F)(F)F)cc(C(F)(F)F)c2)CN1. The van der Waals surface area contributed by atoms with Gasteiger partial charge in [-0.2, -0.15) is 26.3 Å². The normalized spacial score (nSPS) is 21.1. The summed E-state index contributed by atoms with van der Waals surface area (Å²) < 4.78 is 100. The summed E-state index contributed by atoms with van der Waals surface area (Å²) >= 11 is 0. The molecule has 0 amide bonds. The van der Waals surface area contributed by atoms with Crippen molar-refractivity contribution in [2.24, 2.45) is 5.92 Å². The van der Waals surface area contributed by atoms with E-state index in [2.05, 4.69) is 39.2 Å². The van der Waals surface area contributed by atoms with E-state index >= 15 is 0 Å². The molecule has 0 aliphatic carbocycles. The van der Waals surface area contributed by atoms with Gasteiger partial charge in [0.2, 0.25) is 0 Å². The second kappa shape index (κ2) is 10.4. The van der Waals surface area contributed by atoms with E-state index < -0.39 is 60.4 Å². The van der Waals surface area contributed by atoms with Crippen LogP contribution in [0.25, 0.3) is 0 Å². The second-order valence-electron chi connectivity index (χ2n) is 11.4. The molecule has 38 heavy (non-hydrogen) atoms. The van der Waals surface area contributed by atoms with Crippen LogP contribution >= 0.6 is 0 Å². The molecule has 0 bridgehead atoms. The zero-order chi connectivity index (χ0) is 28.7. The molecule has 0 radical (unpaired) electrons. The molecular formula is C27H32F7NO2Si. The van der Waals surface area contributed by atoms with Crippen LogP contribution in [0.5, 0.6) is 0 Å². The van der Waals surface area contributed by atoms with E-state index in [1.807, 2.05) is 0 Å². The van der Waals surface area contributed by atoms with Gasteiger partial charge < -0.3 is 9.74 Å². The largest absolute Gasteiger partial charge is 0.417 e. The van der Waals surface area contributed by atoms with Crippen molar-refractivity contribution in [1.82, 2.24) is 5.32 Å². The monoisotopic (exact) mass is 563 g/mol. The van der Waals surface area contributed by atoms with Crippen molar-refractivity contribution in [2.75, 3.05) is 13.2 Å². The van der Waals surface area contributed by atoms with Crippen molar-refractivity contribution >= 4 is 14.1 Å². The van der Waals surface area contributed by atoms with Crippen LogP contribution in [0, 0.1) is 11.7 Å². The molecule has 1 N–H and O–H groups in total. The van der Waals surface area contributed by atoms with Crippen LogP contribution in [0.2, 0.25) is 18.1 Å². The maximum atomic E-state index is 13.7. The molecule has 11 heteroatoms. The molecule has 3 nitrogen and oxygen atoms in total. The Kier molecular flexibility index (Phi) is 8.28. The van der Waals surface area contributed by atoms with E-state index in [0.717, 1.165) is 0 Å². The van der Waals surface area contributed by atoms with E-state index in [9.17, 15) is 35.5 Å². The van der Waals surface area contributed by atoms with Crippen LogP contribution in [0.3, 0.4) is 0 Å². The summed E-state index contributed by atoms with van der Waals surface area (Å²) in [5.41, 5.74) is -3.92. The van der Waals surface area contributed by atoms with Gasteiger partial charge in [-0.05, 0) is 66.9 Å². The summed E-state index contributed by atoms with van der Waals surface area (Å²) in [7, 11) is -2.13. The number of alkyl halides is 6. The number of benzene rings is 2. The molecule has 0 aromatic heterocycles. The van der Waals surface area contributed by atoms with Gasteiger partial charge in [-0.1, -0.05) is 32.9 Å². The Morgan fingerprint density at radius 2 is 1.50 bits per heavy atom. The summed E-state index contributed by atoms with van der Waals surface area (Å²) in [4.78, 5) is 13.3. The molecule has 2 aromatic rings. The Balaban J connectivity index is 1.92. The van der Waals surface area contributed by atoms with Crippen molar-refractivity contribution in [3.63, 3.8) is 0 Å². The Morgan fingerprint density at radius 1 is 0.974 bits per heavy atom. The maximum Gasteiger partial charge on any atom is 0.416 e. The predicted molar refractivity (Wildman–Crippen MR) is 133 cm³/mol. The summed E-state index contributed by atoms with van der Waals surface area (Å²) in [6, 6.07) is 6.61. The van der Waals surface area contributed by atoms with Gasteiger partial charge in [-0.25, -0.2) is 4.39 Å². The van der Waals surface area contributed by atoms with E-state index in [1.54, 1.807) is 12.1 Å². The molecule has 1 aliphatic rings. The minimum absolute atomic E-state index is 0.00465. The van der Waals surface area contributed by atoms with Crippen LogP contribution in [0.1, 0.15) is 60.7 Å². The van der Waals surface area contributed by atoms with E-state index in [4.69, 9.17) is 4.43 Å². The highest BCUT2D eigenvalue weighted by molar-refractivity contribution is 6.74. The van der Waals surface area contributed by atoms with Gasteiger partial charge in [-0.3, -0.25) is 4.79 Å². The van der Waals surface area contributed by atoms with Crippen LogP contribution in [0.15, 0.2) is 42.5 Å². The number of ketones is 1. The van der Waals surface area contributed by atoms with Gasteiger partial charge in [0.05, 0.1) is 11.1 Å². The van der Waals surface area contributed by atoms with Crippen molar-refractivity contribution in [3.05, 3.63) is 70.5 Å². The molecule has 0 spiro atoms. The first kappa shape index (κ1) is 30.3. The molecule has 1 aliphatic heterocycles. The molecule has 1 fully saturated rings. The molecule has 3 rings (SSSR count). The molecule has 1 heterocycles. The third-order valence-electron chi connectivity index (χ3n) is 7.72. The number of carbonyl (C=O) groups is 1. The molecule has 210 valence electrons. The van der Waals surface area contributed by atoms with Gasteiger partial charge in [-0.15, -0.1) is 0 Å². The maximum absolute atomic E-state index is 13.7. The fourth-order valence-electron chi connectivity index (χ4n) is 4.42.